The third-order valence-corrected chi connectivity index (χ3v) is 1.20. The van der Waals surface area contributed by atoms with Crippen molar-refractivity contribution in [2.45, 2.75) is 13.8 Å². The normalized spacial score (nSPS) is 12.0. The molecule has 1 heterocycles. The van der Waals surface area contributed by atoms with E-state index in [1.165, 1.54) is 0 Å². The molecule has 0 N–H and O–H groups in total. The first-order valence-electron chi connectivity index (χ1n) is 2.87. The number of hydrogen-bond donors (Lipinski definition) is 0. The Morgan fingerprint density at radius 3 is 3.00 bits per heavy atom. The van der Waals surface area contributed by atoms with Gasteiger partial charge in [0.1, 0.15) is 6.26 Å². The number of nitrogens with zero attached hydrogens (tertiary/aromatic N) is 1. The Balaban J connectivity index is 2.90. The van der Waals surface area contributed by atoms with Gasteiger partial charge in [0.2, 0.25) is 5.89 Å². The van der Waals surface area contributed by atoms with Gasteiger partial charge in [0, 0.05) is 5.57 Å². The van der Waals surface area contributed by atoms with Gasteiger partial charge in [0.25, 0.3) is 0 Å². The third-order valence-electron chi connectivity index (χ3n) is 1.20. The summed E-state index contributed by atoms with van der Waals surface area (Å²) in [5, 5.41) is 0. The zero-order valence-electron chi connectivity index (χ0n) is 5.59. The third kappa shape index (κ3) is 1.19. The van der Waals surface area contributed by atoms with Crippen molar-refractivity contribution in [2.75, 3.05) is 0 Å². The van der Waals surface area contributed by atoms with E-state index in [9.17, 15) is 0 Å². The highest BCUT2D eigenvalue weighted by atomic mass is 16.3. The average Bonchev–Trinajstić information content (AvgIpc) is 2.37. The van der Waals surface area contributed by atoms with Crippen molar-refractivity contribution in [3.05, 3.63) is 24.4 Å². The van der Waals surface area contributed by atoms with Gasteiger partial charge >= 0.3 is 0 Å². The van der Waals surface area contributed by atoms with Gasteiger partial charge < -0.3 is 4.42 Å². The molecule has 0 atom stereocenters. The molecule has 0 aromatic carbocycles. The summed E-state index contributed by atoms with van der Waals surface area (Å²) in [5.41, 5.74) is 1.07. The van der Waals surface area contributed by atoms with E-state index >= 15 is 0 Å². The molecule has 0 radical (unpaired) electrons. The summed E-state index contributed by atoms with van der Waals surface area (Å²) >= 11 is 0. The molecule has 0 aliphatic heterocycles. The van der Waals surface area contributed by atoms with E-state index in [1.54, 1.807) is 12.5 Å². The van der Waals surface area contributed by atoms with Crippen LogP contribution in [0.25, 0.3) is 5.57 Å². The topological polar surface area (TPSA) is 26.0 Å². The maximum Gasteiger partial charge on any atom is 0.221 e. The maximum atomic E-state index is 5.01. The average molecular weight is 123 g/mol. The predicted molar refractivity (Wildman–Crippen MR) is 35.8 cm³/mol. The minimum absolute atomic E-state index is 0.706. The van der Waals surface area contributed by atoms with Crippen molar-refractivity contribution in [3.8, 4) is 0 Å². The lowest BCUT2D eigenvalue weighted by molar-refractivity contribution is 0.541. The second-order valence-corrected chi connectivity index (χ2v) is 1.81. The fraction of sp³-hybridized carbons (Fsp3) is 0.286. The summed E-state index contributed by atoms with van der Waals surface area (Å²) in [6.45, 7) is 3.92. The molecule has 0 amide bonds. The molecular formula is C7H9NO. The Hall–Kier alpha value is -1.05. The van der Waals surface area contributed by atoms with Gasteiger partial charge in [-0.05, 0) is 13.8 Å². The van der Waals surface area contributed by atoms with Crippen LogP contribution in [0.2, 0.25) is 0 Å². The van der Waals surface area contributed by atoms with Crippen molar-refractivity contribution >= 4 is 5.57 Å². The highest BCUT2D eigenvalue weighted by molar-refractivity contribution is 5.54. The Kier molecular flexibility index (Phi) is 1.68. The van der Waals surface area contributed by atoms with E-state index in [0.717, 1.165) is 5.57 Å². The maximum absolute atomic E-state index is 5.01. The predicted octanol–water partition coefficient (Wildman–Crippen LogP) is 2.10. The number of allylic oxidation sites excluding steroid dienone is 2. The Bertz CT molecular complexity index is 199. The zero-order chi connectivity index (χ0) is 6.69. The lowest BCUT2D eigenvalue weighted by atomic mass is 10.3. The molecule has 0 saturated carbocycles. The standard InChI is InChI=1S/C7H9NO/c1-3-6(2)7-8-4-5-9-7/h3-5H,1-2H3/b6-3-. The van der Waals surface area contributed by atoms with E-state index in [-0.39, 0.29) is 0 Å². The minimum Gasteiger partial charge on any atom is -0.445 e. The largest absolute Gasteiger partial charge is 0.445 e. The first kappa shape index (κ1) is 6.08. The zero-order valence-corrected chi connectivity index (χ0v) is 5.59. The second-order valence-electron chi connectivity index (χ2n) is 1.81. The van der Waals surface area contributed by atoms with E-state index < -0.39 is 0 Å². The van der Waals surface area contributed by atoms with Crippen LogP contribution in [-0.4, -0.2) is 4.98 Å². The molecule has 0 aliphatic carbocycles. The first-order chi connectivity index (χ1) is 4.34. The summed E-state index contributed by atoms with van der Waals surface area (Å²) < 4.78 is 5.01. The van der Waals surface area contributed by atoms with Crippen LogP contribution in [0.3, 0.4) is 0 Å². The number of hydrogen-bond acceptors (Lipinski definition) is 2. The molecule has 1 aromatic heterocycles. The summed E-state index contributed by atoms with van der Waals surface area (Å²) in [6.07, 6.45) is 5.18. The van der Waals surface area contributed by atoms with Gasteiger partial charge in [-0.15, -0.1) is 0 Å². The van der Waals surface area contributed by atoms with Crippen LogP contribution in [0, 0.1) is 0 Å². The van der Waals surface area contributed by atoms with Crippen molar-refractivity contribution in [1.29, 1.82) is 0 Å². The molecule has 1 aromatic rings. The van der Waals surface area contributed by atoms with Crippen LogP contribution in [0.1, 0.15) is 19.7 Å². The number of aromatic nitrogens is 1. The molecule has 0 aliphatic rings. The molecule has 0 unspecified atom stereocenters. The van der Waals surface area contributed by atoms with Crippen LogP contribution in [0.5, 0.6) is 0 Å². The van der Waals surface area contributed by atoms with E-state index in [0.29, 0.717) is 5.89 Å². The lowest BCUT2D eigenvalue weighted by Crippen LogP contribution is -1.74. The minimum atomic E-state index is 0.706. The Labute approximate surface area is 54.2 Å². The van der Waals surface area contributed by atoms with Gasteiger partial charge in [-0.1, -0.05) is 6.08 Å². The highest BCUT2D eigenvalue weighted by Gasteiger charge is 1.95. The Morgan fingerprint density at radius 2 is 2.56 bits per heavy atom. The summed E-state index contributed by atoms with van der Waals surface area (Å²) in [4.78, 5) is 3.95. The highest BCUT2D eigenvalue weighted by Crippen LogP contribution is 2.08. The summed E-state index contributed by atoms with van der Waals surface area (Å²) in [6, 6.07) is 0. The molecule has 1 rings (SSSR count). The fourth-order valence-electron chi connectivity index (χ4n) is 0.542. The lowest BCUT2D eigenvalue weighted by Gasteiger charge is -1.87. The van der Waals surface area contributed by atoms with Crippen LogP contribution in [0.15, 0.2) is 23.0 Å². The quantitative estimate of drug-likeness (QED) is 0.571. The van der Waals surface area contributed by atoms with Gasteiger partial charge in [-0.3, -0.25) is 0 Å². The SMILES string of the molecule is C/C=C(/C)c1ncco1. The van der Waals surface area contributed by atoms with E-state index in [1.807, 2.05) is 19.9 Å². The van der Waals surface area contributed by atoms with Gasteiger partial charge in [0.05, 0.1) is 6.20 Å². The fourth-order valence-corrected chi connectivity index (χ4v) is 0.542. The molecular weight excluding hydrogens is 114 g/mol. The second kappa shape index (κ2) is 2.49. The van der Waals surface area contributed by atoms with Crippen molar-refractivity contribution in [2.24, 2.45) is 0 Å². The van der Waals surface area contributed by atoms with Crippen LogP contribution < -0.4 is 0 Å². The van der Waals surface area contributed by atoms with Crippen molar-refractivity contribution in [1.82, 2.24) is 4.98 Å². The van der Waals surface area contributed by atoms with Crippen LogP contribution in [-0.2, 0) is 0 Å². The number of rotatable bonds is 1. The monoisotopic (exact) mass is 123 g/mol. The van der Waals surface area contributed by atoms with Gasteiger partial charge in [-0.25, -0.2) is 4.98 Å². The number of oxazole rings is 1. The molecule has 0 bridgehead atoms. The molecule has 48 valence electrons. The molecule has 0 spiro atoms. The Morgan fingerprint density at radius 1 is 1.78 bits per heavy atom. The first-order valence-corrected chi connectivity index (χ1v) is 2.87. The van der Waals surface area contributed by atoms with E-state index in [4.69, 9.17) is 4.42 Å². The molecule has 2 nitrogen and oxygen atoms in total. The van der Waals surface area contributed by atoms with Crippen molar-refractivity contribution in [3.63, 3.8) is 0 Å². The molecule has 0 saturated heterocycles. The summed E-state index contributed by atoms with van der Waals surface area (Å²) in [7, 11) is 0. The van der Waals surface area contributed by atoms with Crippen LogP contribution in [0.4, 0.5) is 0 Å². The molecule has 0 fully saturated rings. The van der Waals surface area contributed by atoms with Gasteiger partial charge in [-0.2, -0.15) is 0 Å². The van der Waals surface area contributed by atoms with E-state index in [2.05, 4.69) is 4.98 Å². The smallest absolute Gasteiger partial charge is 0.221 e. The summed E-state index contributed by atoms with van der Waals surface area (Å²) in [5.74, 6) is 0.706. The van der Waals surface area contributed by atoms with Gasteiger partial charge in [0.15, 0.2) is 0 Å². The van der Waals surface area contributed by atoms with Crippen molar-refractivity contribution < 1.29 is 4.42 Å². The molecule has 9 heavy (non-hydrogen) atoms. The van der Waals surface area contributed by atoms with Crippen LogP contribution >= 0.6 is 0 Å². The molecule has 2 heteroatoms.